The Hall–Kier alpha value is -1.42. The van der Waals surface area contributed by atoms with Crippen molar-refractivity contribution < 1.29 is 14.3 Å². The van der Waals surface area contributed by atoms with Crippen molar-refractivity contribution in [3.8, 4) is 0 Å². The largest absolute Gasteiger partial charge is 0.394 e. The normalized spacial score (nSPS) is 23.4. The standard InChI is InChI=1S/C14H18FNO2/c1-9-3-4-11(15)7-12(9)14(18)16-6-5-10(2)13(16)8-17/h3-4,7,10,13,17H,5-6,8H2,1-2H3. The second-order valence-electron chi connectivity index (χ2n) is 4.97. The summed E-state index contributed by atoms with van der Waals surface area (Å²) in [5.74, 6) is -0.306. The number of aliphatic hydroxyl groups excluding tert-OH is 1. The second kappa shape index (κ2) is 5.06. The van der Waals surface area contributed by atoms with Gasteiger partial charge in [0, 0.05) is 12.1 Å². The molecule has 18 heavy (non-hydrogen) atoms. The molecule has 3 nitrogen and oxygen atoms in total. The van der Waals surface area contributed by atoms with Crippen LogP contribution in [0.5, 0.6) is 0 Å². The molecule has 0 radical (unpaired) electrons. The van der Waals surface area contributed by atoms with Gasteiger partial charge in [-0.15, -0.1) is 0 Å². The van der Waals surface area contributed by atoms with E-state index in [1.165, 1.54) is 12.1 Å². The second-order valence-corrected chi connectivity index (χ2v) is 4.97. The molecule has 1 amide bonds. The molecule has 1 aromatic carbocycles. The molecule has 0 aliphatic carbocycles. The number of carbonyl (C=O) groups is 1. The van der Waals surface area contributed by atoms with Gasteiger partial charge in [-0.05, 0) is 37.0 Å². The number of aliphatic hydroxyl groups is 1. The van der Waals surface area contributed by atoms with Crippen molar-refractivity contribution in [3.63, 3.8) is 0 Å². The van der Waals surface area contributed by atoms with E-state index in [1.54, 1.807) is 17.9 Å². The third-order valence-electron chi connectivity index (χ3n) is 3.76. The van der Waals surface area contributed by atoms with Crippen LogP contribution in [0.4, 0.5) is 4.39 Å². The predicted molar refractivity (Wildman–Crippen MR) is 66.8 cm³/mol. The first-order chi connectivity index (χ1) is 8.54. The maximum atomic E-state index is 13.2. The first-order valence-corrected chi connectivity index (χ1v) is 6.22. The molecule has 1 heterocycles. The maximum absolute atomic E-state index is 13.2. The van der Waals surface area contributed by atoms with Crippen LogP contribution >= 0.6 is 0 Å². The Morgan fingerprint density at radius 3 is 2.94 bits per heavy atom. The molecule has 0 bridgehead atoms. The summed E-state index contributed by atoms with van der Waals surface area (Å²) >= 11 is 0. The van der Waals surface area contributed by atoms with Crippen molar-refractivity contribution in [3.05, 3.63) is 35.1 Å². The average molecular weight is 251 g/mol. The van der Waals surface area contributed by atoms with E-state index < -0.39 is 5.82 Å². The number of hydrogen-bond acceptors (Lipinski definition) is 2. The van der Waals surface area contributed by atoms with E-state index >= 15 is 0 Å². The summed E-state index contributed by atoms with van der Waals surface area (Å²) in [6.45, 7) is 4.40. The number of nitrogens with zero attached hydrogens (tertiary/aromatic N) is 1. The number of carbonyl (C=O) groups excluding carboxylic acids is 1. The number of benzene rings is 1. The van der Waals surface area contributed by atoms with E-state index in [2.05, 4.69) is 0 Å². The third kappa shape index (κ3) is 2.25. The highest BCUT2D eigenvalue weighted by Crippen LogP contribution is 2.26. The molecule has 2 atom stereocenters. The maximum Gasteiger partial charge on any atom is 0.254 e. The lowest BCUT2D eigenvalue weighted by Crippen LogP contribution is -2.40. The summed E-state index contributed by atoms with van der Waals surface area (Å²) in [4.78, 5) is 14.0. The average Bonchev–Trinajstić information content (AvgIpc) is 2.72. The molecule has 0 spiro atoms. The molecule has 1 aliphatic rings. The van der Waals surface area contributed by atoms with E-state index in [4.69, 9.17) is 0 Å². The van der Waals surface area contributed by atoms with E-state index in [9.17, 15) is 14.3 Å². The fraction of sp³-hybridized carbons (Fsp3) is 0.500. The van der Waals surface area contributed by atoms with E-state index in [0.717, 1.165) is 12.0 Å². The van der Waals surface area contributed by atoms with Gasteiger partial charge in [-0.2, -0.15) is 0 Å². The first-order valence-electron chi connectivity index (χ1n) is 6.22. The Morgan fingerprint density at radius 2 is 2.28 bits per heavy atom. The van der Waals surface area contributed by atoms with Crippen LogP contribution in [0.25, 0.3) is 0 Å². The van der Waals surface area contributed by atoms with Gasteiger partial charge in [-0.25, -0.2) is 4.39 Å². The smallest absolute Gasteiger partial charge is 0.254 e. The summed E-state index contributed by atoms with van der Waals surface area (Å²) in [6.07, 6.45) is 0.880. The van der Waals surface area contributed by atoms with Gasteiger partial charge in [0.15, 0.2) is 0 Å². The Bertz CT molecular complexity index is 461. The number of amides is 1. The molecule has 0 aromatic heterocycles. The molecule has 1 fully saturated rings. The van der Waals surface area contributed by atoms with Crippen molar-refractivity contribution in [1.82, 2.24) is 4.90 Å². The molecule has 4 heteroatoms. The Kier molecular flexibility index (Phi) is 3.66. The third-order valence-corrected chi connectivity index (χ3v) is 3.76. The van der Waals surface area contributed by atoms with Crippen LogP contribution in [0.3, 0.4) is 0 Å². The van der Waals surface area contributed by atoms with Gasteiger partial charge in [0.2, 0.25) is 0 Å². The van der Waals surface area contributed by atoms with E-state index in [0.29, 0.717) is 12.1 Å². The number of hydrogen-bond donors (Lipinski definition) is 1. The Labute approximate surface area is 106 Å². The molecular formula is C14H18FNO2. The summed E-state index contributed by atoms with van der Waals surface area (Å²) in [5, 5.41) is 9.36. The number of rotatable bonds is 2. The molecular weight excluding hydrogens is 233 g/mol. The summed E-state index contributed by atoms with van der Waals surface area (Å²) in [6, 6.07) is 4.08. The molecule has 1 saturated heterocycles. The first kappa shape index (κ1) is 13.0. The minimum Gasteiger partial charge on any atom is -0.394 e. The zero-order valence-corrected chi connectivity index (χ0v) is 10.7. The van der Waals surface area contributed by atoms with Crippen molar-refractivity contribution in [2.45, 2.75) is 26.3 Å². The van der Waals surface area contributed by atoms with Gasteiger partial charge in [0.1, 0.15) is 5.82 Å². The predicted octanol–water partition coefficient (Wildman–Crippen LogP) is 1.98. The lowest BCUT2D eigenvalue weighted by Gasteiger charge is -2.25. The molecule has 1 N–H and O–H groups in total. The van der Waals surface area contributed by atoms with E-state index in [1.807, 2.05) is 6.92 Å². The van der Waals surface area contributed by atoms with E-state index in [-0.39, 0.29) is 24.5 Å². The van der Waals surface area contributed by atoms with Gasteiger partial charge in [0.05, 0.1) is 12.6 Å². The van der Waals surface area contributed by atoms with Gasteiger partial charge in [-0.1, -0.05) is 13.0 Å². The Balaban J connectivity index is 2.28. The fourth-order valence-electron chi connectivity index (χ4n) is 2.52. The SMILES string of the molecule is Cc1ccc(F)cc1C(=O)N1CCC(C)C1CO. The molecule has 98 valence electrons. The van der Waals surface area contributed by atoms with Crippen molar-refractivity contribution in [2.75, 3.05) is 13.2 Å². The summed E-state index contributed by atoms with van der Waals surface area (Å²) < 4.78 is 13.2. The van der Waals surface area contributed by atoms with Crippen LogP contribution in [0, 0.1) is 18.7 Å². The lowest BCUT2D eigenvalue weighted by atomic mass is 10.0. The lowest BCUT2D eigenvalue weighted by molar-refractivity contribution is 0.0647. The quantitative estimate of drug-likeness (QED) is 0.873. The monoisotopic (exact) mass is 251 g/mol. The molecule has 1 aliphatic heterocycles. The fourth-order valence-corrected chi connectivity index (χ4v) is 2.52. The zero-order chi connectivity index (χ0) is 13.3. The van der Waals surface area contributed by atoms with Gasteiger partial charge in [-0.3, -0.25) is 4.79 Å². The Morgan fingerprint density at radius 1 is 1.56 bits per heavy atom. The van der Waals surface area contributed by atoms with Crippen LogP contribution < -0.4 is 0 Å². The molecule has 1 aromatic rings. The minimum absolute atomic E-state index is 0.0404. The van der Waals surface area contributed by atoms with Gasteiger partial charge >= 0.3 is 0 Å². The minimum atomic E-state index is -0.406. The van der Waals surface area contributed by atoms with Crippen molar-refractivity contribution >= 4 is 5.91 Å². The summed E-state index contributed by atoms with van der Waals surface area (Å²) in [7, 11) is 0. The van der Waals surface area contributed by atoms with Crippen LogP contribution in [0.15, 0.2) is 18.2 Å². The number of aryl methyl sites for hydroxylation is 1. The number of halogens is 1. The highest BCUT2D eigenvalue weighted by Gasteiger charge is 2.34. The van der Waals surface area contributed by atoms with Crippen molar-refractivity contribution in [1.29, 1.82) is 0 Å². The highest BCUT2D eigenvalue weighted by molar-refractivity contribution is 5.96. The zero-order valence-electron chi connectivity index (χ0n) is 10.7. The number of likely N-dealkylation sites (tertiary alicyclic amines) is 1. The molecule has 0 saturated carbocycles. The van der Waals surface area contributed by atoms with Gasteiger partial charge in [0.25, 0.3) is 5.91 Å². The molecule has 2 rings (SSSR count). The van der Waals surface area contributed by atoms with Gasteiger partial charge < -0.3 is 10.0 Å². The topological polar surface area (TPSA) is 40.5 Å². The highest BCUT2D eigenvalue weighted by atomic mass is 19.1. The summed E-state index contributed by atoms with van der Waals surface area (Å²) in [5.41, 5.74) is 1.15. The van der Waals surface area contributed by atoms with Crippen LogP contribution in [-0.4, -0.2) is 35.1 Å². The molecule has 2 unspecified atom stereocenters. The van der Waals surface area contributed by atoms with Crippen LogP contribution in [0.1, 0.15) is 29.3 Å². The van der Waals surface area contributed by atoms with Crippen LogP contribution in [-0.2, 0) is 0 Å². The van der Waals surface area contributed by atoms with Crippen molar-refractivity contribution in [2.24, 2.45) is 5.92 Å². The van der Waals surface area contributed by atoms with Crippen LogP contribution in [0.2, 0.25) is 0 Å².